The molecule has 0 aromatic heterocycles. The standard InChI is InChI=1S/C13H25N3O/c1-13(2,14)12(17)15-8-9-6-10-4-5-11(7-9)16(10)3/h9-11H,4-8,14H2,1-3H3,(H,15,17). The summed E-state index contributed by atoms with van der Waals surface area (Å²) >= 11 is 0. The zero-order valence-corrected chi connectivity index (χ0v) is 11.2. The molecule has 2 atom stereocenters. The predicted octanol–water partition coefficient (Wildman–Crippen LogP) is 0.713. The van der Waals surface area contributed by atoms with Gasteiger partial charge in [-0.25, -0.2) is 0 Å². The Kier molecular flexibility index (Phi) is 3.46. The maximum absolute atomic E-state index is 11.7. The summed E-state index contributed by atoms with van der Waals surface area (Å²) < 4.78 is 0. The van der Waals surface area contributed by atoms with Crippen molar-refractivity contribution in [2.45, 2.75) is 57.2 Å². The van der Waals surface area contributed by atoms with Gasteiger partial charge in [0.05, 0.1) is 5.54 Å². The fourth-order valence-corrected chi connectivity index (χ4v) is 3.16. The Bertz CT molecular complexity index is 284. The van der Waals surface area contributed by atoms with Crippen LogP contribution in [0.3, 0.4) is 0 Å². The smallest absolute Gasteiger partial charge is 0.239 e. The third-order valence-electron chi connectivity index (χ3n) is 4.33. The van der Waals surface area contributed by atoms with Gasteiger partial charge >= 0.3 is 0 Å². The van der Waals surface area contributed by atoms with Gasteiger partial charge in [0.25, 0.3) is 0 Å². The highest BCUT2D eigenvalue weighted by Crippen LogP contribution is 2.36. The third-order valence-corrected chi connectivity index (χ3v) is 4.33. The Hall–Kier alpha value is -0.610. The van der Waals surface area contributed by atoms with Crippen LogP contribution in [0.5, 0.6) is 0 Å². The second-order valence-corrected chi connectivity index (χ2v) is 6.32. The summed E-state index contributed by atoms with van der Waals surface area (Å²) in [4.78, 5) is 14.2. The SMILES string of the molecule is CN1C2CCC1CC(CNC(=O)C(C)(C)N)C2. The van der Waals surface area contributed by atoms with E-state index in [1.165, 1.54) is 25.7 Å². The van der Waals surface area contributed by atoms with E-state index >= 15 is 0 Å². The van der Waals surface area contributed by atoms with Crippen molar-refractivity contribution in [1.29, 1.82) is 0 Å². The van der Waals surface area contributed by atoms with Crippen molar-refractivity contribution >= 4 is 5.91 Å². The van der Waals surface area contributed by atoms with E-state index < -0.39 is 5.54 Å². The van der Waals surface area contributed by atoms with Crippen LogP contribution in [-0.2, 0) is 4.79 Å². The zero-order chi connectivity index (χ0) is 12.6. The Morgan fingerprint density at radius 3 is 2.35 bits per heavy atom. The summed E-state index contributed by atoms with van der Waals surface area (Å²) in [7, 11) is 2.24. The minimum absolute atomic E-state index is 0.0382. The molecule has 2 saturated heterocycles. The van der Waals surface area contributed by atoms with Crippen molar-refractivity contribution in [2.75, 3.05) is 13.6 Å². The van der Waals surface area contributed by atoms with Crippen molar-refractivity contribution in [3.8, 4) is 0 Å². The van der Waals surface area contributed by atoms with E-state index in [2.05, 4.69) is 17.3 Å². The van der Waals surface area contributed by atoms with Crippen LogP contribution in [0.4, 0.5) is 0 Å². The van der Waals surface area contributed by atoms with Crippen LogP contribution >= 0.6 is 0 Å². The number of rotatable bonds is 3. The van der Waals surface area contributed by atoms with E-state index in [1.807, 2.05) is 0 Å². The number of hydrogen-bond donors (Lipinski definition) is 2. The van der Waals surface area contributed by atoms with Gasteiger partial charge in [-0.15, -0.1) is 0 Å². The molecule has 2 fully saturated rings. The molecule has 2 unspecified atom stereocenters. The van der Waals surface area contributed by atoms with Crippen molar-refractivity contribution in [3.63, 3.8) is 0 Å². The minimum atomic E-state index is -0.759. The average Bonchev–Trinajstić information content (AvgIpc) is 2.50. The number of nitrogens with zero attached hydrogens (tertiary/aromatic N) is 1. The van der Waals surface area contributed by atoms with Gasteiger partial charge in [0.2, 0.25) is 5.91 Å². The van der Waals surface area contributed by atoms with E-state index in [-0.39, 0.29) is 5.91 Å². The highest BCUT2D eigenvalue weighted by atomic mass is 16.2. The molecule has 3 N–H and O–H groups in total. The van der Waals surface area contributed by atoms with Crippen molar-refractivity contribution in [1.82, 2.24) is 10.2 Å². The van der Waals surface area contributed by atoms with Crippen molar-refractivity contribution < 1.29 is 4.79 Å². The molecule has 0 aliphatic carbocycles. The number of carbonyl (C=O) groups is 1. The number of amides is 1. The normalized spacial score (nSPS) is 33.8. The quantitative estimate of drug-likeness (QED) is 0.762. The van der Waals surface area contributed by atoms with E-state index in [0.29, 0.717) is 5.92 Å². The van der Waals surface area contributed by atoms with Gasteiger partial charge < -0.3 is 16.0 Å². The first kappa shape index (κ1) is 12.8. The van der Waals surface area contributed by atoms with Crippen LogP contribution in [0.2, 0.25) is 0 Å². The van der Waals surface area contributed by atoms with Gasteiger partial charge in [-0.3, -0.25) is 4.79 Å². The summed E-state index contributed by atoms with van der Waals surface area (Å²) in [6.45, 7) is 4.29. The second kappa shape index (κ2) is 4.58. The largest absolute Gasteiger partial charge is 0.354 e. The number of fused-ring (bicyclic) bond motifs is 2. The van der Waals surface area contributed by atoms with Gasteiger partial charge in [-0.2, -0.15) is 0 Å². The maximum Gasteiger partial charge on any atom is 0.239 e. The Labute approximate surface area is 104 Å². The zero-order valence-electron chi connectivity index (χ0n) is 11.2. The first-order chi connectivity index (χ1) is 7.88. The molecule has 1 amide bonds. The fourth-order valence-electron chi connectivity index (χ4n) is 3.16. The topological polar surface area (TPSA) is 58.4 Å². The van der Waals surface area contributed by atoms with Crippen molar-refractivity contribution in [2.24, 2.45) is 11.7 Å². The lowest BCUT2D eigenvalue weighted by atomic mass is 9.91. The van der Waals surface area contributed by atoms with E-state index in [9.17, 15) is 4.79 Å². The maximum atomic E-state index is 11.7. The molecule has 0 radical (unpaired) electrons. The molecule has 2 aliphatic rings. The monoisotopic (exact) mass is 239 g/mol. The minimum Gasteiger partial charge on any atom is -0.354 e. The summed E-state index contributed by atoms with van der Waals surface area (Å²) in [5.74, 6) is 0.596. The number of hydrogen-bond acceptors (Lipinski definition) is 3. The summed E-state index contributed by atoms with van der Waals surface area (Å²) in [6, 6.07) is 1.48. The van der Waals surface area contributed by atoms with Gasteiger partial charge in [0.15, 0.2) is 0 Å². The number of nitrogens with one attached hydrogen (secondary N) is 1. The van der Waals surface area contributed by atoms with Gasteiger partial charge in [0, 0.05) is 18.6 Å². The van der Waals surface area contributed by atoms with Gasteiger partial charge in [-0.05, 0) is 52.5 Å². The summed E-state index contributed by atoms with van der Waals surface area (Å²) in [5.41, 5.74) is 5.00. The van der Waals surface area contributed by atoms with Gasteiger partial charge in [0.1, 0.15) is 0 Å². The molecule has 2 rings (SSSR count). The molecule has 0 aromatic carbocycles. The lowest BCUT2D eigenvalue weighted by Crippen LogP contribution is -2.51. The third kappa shape index (κ3) is 2.80. The molecule has 2 aliphatic heterocycles. The number of carbonyl (C=O) groups excluding carboxylic acids is 1. The van der Waals surface area contributed by atoms with E-state index in [4.69, 9.17) is 5.73 Å². The highest BCUT2D eigenvalue weighted by Gasteiger charge is 2.38. The predicted molar refractivity (Wildman–Crippen MR) is 68.6 cm³/mol. The molecule has 98 valence electrons. The second-order valence-electron chi connectivity index (χ2n) is 6.32. The lowest BCUT2D eigenvalue weighted by molar-refractivity contribution is -0.125. The van der Waals surface area contributed by atoms with E-state index in [1.54, 1.807) is 13.8 Å². The fraction of sp³-hybridized carbons (Fsp3) is 0.923. The average molecular weight is 239 g/mol. The van der Waals surface area contributed by atoms with Gasteiger partial charge in [-0.1, -0.05) is 0 Å². The molecule has 4 nitrogen and oxygen atoms in total. The molecule has 2 heterocycles. The molecule has 0 spiro atoms. The number of piperidine rings is 1. The first-order valence-electron chi connectivity index (χ1n) is 6.67. The Balaban J connectivity index is 1.80. The van der Waals surface area contributed by atoms with Crippen LogP contribution < -0.4 is 11.1 Å². The van der Waals surface area contributed by atoms with Crippen LogP contribution in [-0.4, -0.2) is 42.0 Å². The molecular weight excluding hydrogens is 214 g/mol. The summed E-state index contributed by atoms with van der Waals surface area (Å²) in [5, 5.41) is 2.99. The van der Waals surface area contributed by atoms with Crippen LogP contribution in [0.1, 0.15) is 39.5 Å². The Morgan fingerprint density at radius 1 is 1.35 bits per heavy atom. The summed E-state index contributed by atoms with van der Waals surface area (Å²) in [6.07, 6.45) is 5.10. The van der Waals surface area contributed by atoms with Crippen LogP contribution in [0.15, 0.2) is 0 Å². The molecule has 17 heavy (non-hydrogen) atoms. The van der Waals surface area contributed by atoms with Crippen LogP contribution in [0.25, 0.3) is 0 Å². The molecular formula is C13H25N3O. The first-order valence-corrected chi connectivity index (χ1v) is 6.67. The van der Waals surface area contributed by atoms with Crippen molar-refractivity contribution in [3.05, 3.63) is 0 Å². The van der Waals surface area contributed by atoms with E-state index in [0.717, 1.165) is 18.6 Å². The lowest BCUT2D eigenvalue weighted by Gasteiger charge is -2.36. The highest BCUT2D eigenvalue weighted by molar-refractivity contribution is 5.84. The van der Waals surface area contributed by atoms with Crippen LogP contribution in [0, 0.1) is 5.92 Å². The molecule has 4 heteroatoms. The molecule has 0 aromatic rings. The number of nitrogens with two attached hydrogens (primary N) is 1. The molecule has 2 bridgehead atoms. The Morgan fingerprint density at radius 2 is 1.88 bits per heavy atom. The molecule has 0 saturated carbocycles.